The number of pyridine rings is 1. The Kier molecular flexibility index (Phi) is 13.0. The quantitative estimate of drug-likeness (QED) is 0.230. The fraction of sp³-hybridized carbons (Fsp3) is 0.479. The summed E-state index contributed by atoms with van der Waals surface area (Å²) < 4.78 is 56.1. The zero-order valence-electron chi connectivity index (χ0n) is 38.3. The molecule has 2 aliphatic carbocycles. The van der Waals surface area contributed by atoms with Gasteiger partial charge < -0.3 is 52.8 Å². The highest BCUT2D eigenvalue weighted by atomic mass is 16.7. The van der Waals surface area contributed by atoms with Crippen LogP contribution in [0.15, 0.2) is 79.1 Å². The van der Waals surface area contributed by atoms with Gasteiger partial charge in [-0.25, -0.2) is 19.2 Å². The molecule has 1 saturated heterocycles. The molecular weight excluding hydrogens is 895 g/mol. The van der Waals surface area contributed by atoms with Gasteiger partial charge in [-0.05, 0) is 56.7 Å². The molecule has 20 heteroatoms. The third-order valence-electron chi connectivity index (χ3n) is 13.5. The van der Waals surface area contributed by atoms with Crippen molar-refractivity contribution in [1.29, 1.82) is 0 Å². The highest BCUT2D eigenvalue weighted by molar-refractivity contribution is 5.92. The van der Waals surface area contributed by atoms with E-state index in [0.717, 1.165) is 47.7 Å². The molecule has 2 saturated carbocycles. The van der Waals surface area contributed by atoms with E-state index in [9.17, 15) is 48.6 Å². The van der Waals surface area contributed by atoms with E-state index in [2.05, 4.69) is 4.98 Å². The Hall–Kier alpha value is -6.77. The maximum Gasteiger partial charge on any atom is 0.340 e. The van der Waals surface area contributed by atoms with Gasteiger partial charge in [0.2, 0.25) is 0 Å². The van der Waals surface area contributed by atoms with Crippen molar-refractivity contribution in [2.45, 2.75) is 120 Å². The lowest BCUT2D eigenvalue weighted by atomic mass is 9.45. The second-order valence-electron chi connectivity index (χ2n) is 17.9. The number of carbonyl (C=O) groups excluding carboxylic acids is 8. The molecule has 2 N–H and O–H groups in total. The molecule has 1 aromatic heterocycles. The van der Waals surface area contributed by atoms with Crippen molar-refractivity contribution in [1.82, 2.24) is 4.98 Å². The number of carbonyl (C=O) groups is 8. The minimum Gasteiger partial charge on any atom is -0.465 e. The van der Waals surface area contributed by atoms with Crippen LogP contribution in [0.4, 0.5) is 0 Å². The molecular formula is C48H51NO19. The zero-order chi connectivity index (χ0) is 49.7. The third kappa shape index (κ3) is 8.02. The summed E-state index contributed by atoms with van der Waals surface area (Å²) in [5, 5.41) is 26.2. The molecule has 362 valence electrons. The Morgan fingerprint density at radius 2 is 1.25 bits per heavy atom. The molecule has 2 unspecified atom stereocenters. The number of benzene rings is 2. The maximum absolute atomic E-state index is 14.9. The molecule has 3 heterocycles. The molecule has 0 radical (unpaired) electrons. The predicted molar refractivity (Wildman–Crippen MR) is 227 cm³/mol. The highest BCUT2D eigenvalue weighted by Crippen LogP contribution is 2.70. The lowest BCUT2D eigenvalue weighted by Gasteiger charge is -2.67. The van der Waals surface area contributed by atoms with E-state index in [0.29, 0.717) is 0 Å². The van der Waals surface area contributed by atoms with E-state index in [4.69, 9.17) is 42.6 Å². The molecule has 13 atom stereocenters. The van der Waals surface area contributed by atoms with Crippen molar-refractivity contribution in [3.63, 3.8) is 0 Å². The van der Waals surface area contributed by atoms with Crippen LogP contribution in [0, 0.1) is 11.3 Å². The summed E-state index contributed by atoms with van der Waals surface area (Å²) in [4.78, 5) is 116. The number of hydrogen-bond acceptors (Lipinski definition) is 20. The number of hydrogen-bond donors (Lipinski definition) is 2. The van der Waals surface area contributed by atoms with Crippen LogP contribution >= 0.6 is 0 Å². The molecule has 3 aromatic rings. The van der Waals surface area contributed by atoms with Crippen LogP contribution in [0.1, 0.15) is 97.9 Å². The molecule has 4 aliphatic rings. The molecule has 2 aromatic carbocycles. The van der Waals surface area contributed by atoms with E-state index in [-0.39, 0.29) is 22.3 Å². The first kappa shape index (κ1) is 49.1. The van der Waals surface area contributed by atoms with Crippen molar-refractivity contribution in [2.24, 2.45) is 11.3 Å². The average Bonchev–Trinajstić information content (AvgIpc) is 3.51. The van der Waals surface area contributed by atoms with Crippen LogP contribution in [-0.2, 0) is 66.6 Å². The van der Waals surface area contributed by atoms with Crippen molar-refractivity contribution in [3.05, 3.63) is 101 Å². The summed E-state index contributed by atoms with van der Waals surface area (Å²) >= 11 is 0. The Labute approximate surface area is 389 Å². The summed E-state index contributed by atoms with van der Waals surface area (Å²) in [6.45, 7) is 6.70. The Balaban J connectivity index is 1.66. The zero-order valence-corrected chi connectivity index (χ0v) is 38.3. The molecule has 2 aliphatic heterocycles. The van der Waals surface area contributed by atoms with Crippen LogP contribution in [0.2, 0.25) is 0 Å². The Bertz CT molecular complexity index is 2510. The third-order valence-corrected chi connectivity index (χ3v) is 13.5. The first-order valence-electron chi connectivity index (χ1n) is 21.6. The van der Waals surface area contributed by atoms with Crippen LogP contribution in [0.25, 0.3) is 0 Å². The number of cyclic esters (lactones) is 1. The SMILES string of the molecule is CC(=O)OC[C@@]12[C@H](OC(C)=O)[C@H](OC(C)=O)[C@@H]3[C@@H](OC(=O)c4ccccc4)[C@@]14O[C@@]3(C)COC(=O)c1cnccc1C(C)C(C)(O)C(=O)O[C@H]([C@H](OC(=O)c1ccccc1)[C@@H]2OC(C)=O)[C@]4(C)O. The summed E-state index contributed by atoms with van der Waals surface area (Å²) in [6.07, 6.45) is -10.6. The van der Waals surface area contributed by atoms with Gasteiger partial charge in [0.05, 0.1) is 22.6 Å². The van der Waals surface area contributed by atoms with Gasteiger partial charge >= 0.3 is 47.8 Å². The van der Waals surface area contributed by atoms with Crippen molar-refractivity contribution in [3.8, 4) is 0 Å². The average molecular weight is 946 g/mol. The van der Waals surface area contributed by atoms with Crippen molar-refractivity contribution in [2.75, 3.05) is 13.2 Å². The molecule has 0 amide bonds. The minimum atomic E-state index is -3.05. The number of rotatable bonds is 9. The smallest absolute Gasteiger partial charge is 0.340 e. The van der Waals surface area contributed by atoms with Gasteiger partial charge in [0.25, 0.3) is 0 Å². The molecule has 1 spiro atoms. The number of esters is 8. The monoisotopic (exact) mass is 945 g/mol. The molecule has 20 nitrogen and oxygen atoms in total. The van der Waals surface area contributed by atoms with Crippen molar-refractivity contribution >= 4 is 47.8 Å². The largest absolute Gasteiger partial charge is 0.465 e. The topological polar surface area (TPSA) is 273 Å². The summed E-state index contributed by atoms with van der Waals surface area (Å²) in [6, 6.07) is 16.1. The number of ether oxygens (including phenoxy) is 9. The maximum atomic E-state index is 14.9. The lowest BCUT2D eigenvalue weighted by molar-refractivity contribution is -0.385. The standard InChI is InChI=1S/C48H51NO19/c1-24-31-19-20-49-21-32(31)42(56)61-22-44(6)33-34(62-26(3)51)38(63-27(4)52)47(23-60-25(2)50)39(64-28(5)53)35(65-40(54)29-15-11-9-12-16-29)37(67-43(57)45(24,7)58)46(8,59)48(47,68-44)36(33)66-41(55)30-17-13-10-14-18-30/h9-21,24,33-39,58-59H,22-23H2,1-8H3/t24?,33-,34-,35+,36-,37-,38-,39+,44+,45?,46+,47+,48+/m1/s1. The lowest BCUT2D eigenvalue weighted by Crippen LogP contribution is -2.89. The van der Waals surface area contributed by atoms with Crippen LogP contribution in [-0.4, -0.2) is 135 Å². The molecule has 68 heavy (non-hydrogen) atoms. The Morgan fingerprint density at radius 3 is 1.79 bits per heavy atom. The van der Waals surface area contributed by atoms with Gasteiger partial charge in [-0.15, -0.1) is 0 Å². The van der Waals surface area contributed by atoms with Crippen molar-refractivity contribution < 1.29 is 91.2 Å². The predicted octanol–water partition coefficient (Wildman–Crippen LogP) is 2.74. The minimum absolute atomic E-state index is 0.0414. The van der Waals surface area contributed by atoms with E-state index >= 15 is 0 Å². The number of nitrogens with zero attached hydrogens (tertiary/aromatic N) is 1. The van der Waals surface area contributed by atoms with Gasteiger partial charge in [0.1, 0.15) is 42.0 Å². The van der Waals surface area contributed by atoms with E-state index in [1.165, 1.54) is 74.6 Å². The summed E-state index contributed by atoms with van der Waals surface area (Å²) in [5.41, 5.74) is -13.9. The van der Waals surface area contributed by atoms with Gasteiger partial charge in [-0.3, -0.25) is 24.2 Å². The normalized spacial score (nSPS) is 34.9. The van der Waals surface area contributed by atoms with Gasteiger partial charge in [0, 0.05) is 46.0 Å². The van der Waals surface area contributed by atoms with E-state index in [1.54, 1.807) is 12.1 Å². The second kappa shape index (κ2) is 18.0. The van der Waals surface area contributed by atoms with E-state index < -0.39 is 137 Å². The molecule has 7 rings (SSSR count). The first-order chi connectivity index (χ1) is 31.9. The van der Waals surface area contributed by atoms with Crippen LogP contribution < -0.4 is 0 Å². The van der Waals surface area contributed by atoms with Gasteiger partial charge in [0.15, 0.2) is 35.6 Å². The van der Waals surface area contributed by atoms with Gasteiger partial charge in [-0.1, -0.05) is 43.3 Å². The second-order valence-corrected chi connectivity index (χ2v) is 17.9. The number of fused-ring (bicyclic) bond motifs is 5. The fourth-order valence-corrected chi connectivity index (χ4v) is 10.4. The first-order valence-corrected chi connectivity index (χ1v) is 21.6. The molecule has 4 bridgehead atoms. The van der Waals surface area contributed by atoms with E-state index in [1.807, 2.05) is 0 Å². The van der Waals surface area contributed by atoms with Crippen LogP contribution in [0.3, 0.4) is 0 Å². The Morgan fingerprint density at radius 1 is 0.706 bits per heavy atom. The fourth-order valence-electron chi connectivity index (χ4n) is 10.4. The van der Waals surface area contributed by atoms with Crippen LogP contribution in [0.5, 0.6) is 0 Å². The number of aliphatic hydroxyl groups is 2. The molecule has 3 fully saturated rings. The van der Waals surface area contributed by atoms with Gasteiger partial charge in [-0.2, -0.15) is 0 Å². The summed E-state index contributed by atoms with van der Waals surface area (Å²) in [5.74, 6) is -12.2. The summed E-state index contributed by atoms with van der Waals surface area (Å²) in [7, 11) is 0. The highest BCUT2D eigenvalue weighted by Gasteiger charge is 2.92. The number of aromatic nitrogens is 1.